The highest BCUT2D eigenvalue weighted by Gasteiger charge is 2.18. The van der Waals surface area contributed by atoms with Crippen LogP contribution in [0.1, 0.15) is 32.8 Å². The van der Waals surface area contributed by atoms with Crippen LogP contribution in [0.4, 0.5) is 0 Å². The van der Waals surface area contributed by atoms with Crippen LogP contribution in [-0.2, 0) is 4.79 Å². The molecule has 0 atom stereocenters. The van der Waals surface area contributed by atoms with Crippen molar-refractivity contribution in [3.63, 3.8) is 0 Å². The molecule has 0 amide bonds. The largest absolute Gasteiger partial charge is 0.486 e. The second-order valence-electron chi connectivity index (χ2n) is 6.10. The normalized spacial score (nSPS) is 15.1. The number of aliphatic carboxylic acids is 1. The Morgan fingerprint density at radius 3 is 2.50 bits per heavy atom. The average Bonchev–Trinajstić information content (AvgIpc) is 2.35. The van der Waals surface area contributed by atoms with Gasteiger partial charge in [0, 0.05) is 6.08 Å². The van der Waals surface area contributed by atoms with Crippen LogP contribution in [0, 0.1) is 5.41 Å². The van der Waals surface area contributed by atoms with Crippen molar-refractivity contribution < 1.29 is 19.4 Å². The van der Waals surface area contributed by atoms with Crippen LogP contribution in [0.25, 0.3) is 5.57 Å². The van der Waals surface area contributed by atoms with Gasteiger partial charge in [-0.15, -0.1) is 0 Å². The van der Waals surface area contributed by atoms with Crippen molar-refractivity contribution >= 4 is 11.5 Å². The molecule has 4 heteroatoms. The molecule has 0 saturated heterocycles. The summed E-state index contributed by atoms with van der Waals surface area (Å²) < 4.78 is 11.0. The quantitative estimate of drug-likeness (QED) is 0.860. The van der Waals surface area contributed by atoms with Crippen LogP contribution in [-0.4, -0.2) is 24.3 Å². The lowest BCUT2D eigenvalue weighted by molar-refractivity contribution is -0.131. The monoisotopic (exact) mass is 276 g/mol. The zero-order chi connectivity index (χ0) is 14.8. The molecule has 0 fully saturated rings. The zero-order valence-corrected chi connectivity index (χ0v) is 12.1. The smallest absolute Gasteiger partial charge is 0.328 e. The zero-order valence-electron chi connectivity index (χ0n) is 12.1. The number of rotatable bonds is 3. The van der Waals surface area contributed by atoms with Crippen LogP contribution < -0.4 is 9.47 Å². The highest BCUT2D eigenvalue weighted by molar-refractivity contribution is 5.90. The predicted molar refractivity (Wildman–Crippen MR) is 77.1 cm³/mol. The minimum Gasteiger partial charge on any atom is -0.486 e. The summed E-state index contributed by atoms with van der Waals surface area (Å²) in [6.07, 6.45) is 1.95. The maximum Gasteiger partial charge on any atom is 0.328 e. The molecule has 1 aliphatic rings. The van der Waals surface area contributed by atoms with Gasteiger partial charge in [0.05, 0.1) is 0 Å². The first-order valence-corrected chi connectivity index (χ1v) is 6.69. The van der Waals surface area contributed by atoms with Crippen LogP contribution in [0.2, 0.25) is 0 Å². The van der Waals surface area contributed by atoms with E-state index in [0.29, 0.717) is 31.1 Å². The van der Waals surface area contributed by atoms with Crippen molar-refractivity contribution in [3.8, 4) is 11.5 Å². The SMILES string of the molecule is CC(C)(C)C/C(=C/C(=O)O)c1ccc2c(c1)OCCO2. The molecule has 108 valence electrons. The van der Waals surface area contributed by atoms with Crippen LogP contribution >= 0.6 is 0 Å². The van der Waals surface area contributed by atoms with E-state index in [1.165, 1.54) is 6.08 Å². The van der Waals surface area contributed by atoms with E-state index in [4.69, 9.17) is 14.6 Å². The number of carboxylic acid groups (broad SMARTS) is 1. The van der Waals surface area contributed by atoms with Gasteiger partial charge in [-0.3, -0.25) is 0 Å². The molecule has 0 aliphatic carbocycles. The molecule has 0 saturated carbocycles. The van der Waals surface area contributed by atoms with E-state index >= 15 is 0 Å². The third-order valence-corrected chi connectivity index (χ3v) is 2.93. The fourth-order valence-electron chi connectivity index (χ4n) is 2.20. The molecule has 1 aliphatic heterocycles. The Hall–Kier alpha value is -1.97. The Morgan fingerprint density at radius 2 is 1.90 bits per heavy atom. The number of allylic oxidation sites excluding steroid dienone is 1. The molecule has 20 heavy (non-hydrogen) atoms. The number of fused-ring (bicyclic) bond motifs is 1. The van der Waals surface area contributed by atoms with Gasteiger partial charge in [-0.1, -0.05) is 26.8 Å². The molecule has 0 aromatic heterocycles. The highest BCUT2D eigenvalue weighted by Crippen LogP contribution is 2.36. The fraction of sp³-hybridized carbons (Fsp3) is 0.438. The first kappa shape index (κ1) is 14.4. The molecule has 0 unspecified atom stereocenters. The predicted octanol–water partition coefficient (Wildman–Crippen LogP) is 3.36. The summed E-state index contributed by atoms with van der Waals surface area (Å²) in [6, 6.07) is 5.57. The first-order chi connectivity index (χ1) is 9.35. The third kappa shape index (κ3) is 3.76. The van der Waals surface area contributed by atoms with Gasteiger partial charge in [0.1, 0.15) is 13.2 Å². The van der Waals surface area contributed by atoms with Gasteiger partial charge in [-0.2, -0.15) is 0 Å². The summed E-state index contributed by atoms with van der Waals surface area (Å²) in [4.78, 5) is 11.0. The molecular formula is C16H20O4. The van der Waals surface area contributed by atoms with Crippen LogP contribution in [0.5, 0.6) is 11.5 Å². The van der Waals surface area contributed by atoms with E-state index in [2.05, 4.69) is 20.8 Å². The number of ether oxygens (including phenoxy) is 2. The number of carbonyl (C=O) groups is 1. The first-order valence-electron chi connectivity index (χ1n) is 6.69. The van der Waals surface area contributed by atoms with Crippen LogP contribution in [0.3, 0.4) is 0 Å². The lowest BCUT2D eigenvalue weighted by Crippen LogP contribution is -2.15. The minimum atomic E-state index is -0.931. The highest BCUT2D eigenvalue weighted by atomic mass is 16.6. The molecule has 1 aromatic rings. The number of hydrogen-bond acceptors (Lipinski definition) is 3. The topological polar surface area (TPSA) is 55.8 Å². The van der Waals surface area contributed by atoms with Gasteiger partial charge >= 0.3 is 5.97 Å². The summed E-state index contributed by atoms with van der Waals surface area (Å²) >= 11 is 0. The molecule has 0 spiro atoms. The van der Waals surface area contributed by atoms with Crippen molar-refractivity contribution in [2.24, 2.45) is 5.41 Å². The van der Waals surface area contributed by atoms with Crippen molar-refractivity contribution in [2.45, 2.75) is 27.2 Å². The van der Waals surface area contributed by atoms with E-state index in [9.17, 15) is 4.79 Å². The molecule has 2 rings (SSSR count). The maximum atomic E-state index is 11.0. The minimum absolute atomic E-state index is 0.00848. The standard InChI is InChI=1S/C16H20O4/c1-16(2,3)10-12(9-15(17)18)11-4-5-13-14(8-11)20-7-6-19-13/h4-5,8-9H,6-7,10H2,1-3H3,(H,17,18)/b12-9-. The number of benzene rings is 1. The molecule has 1 heterocycles. The van der Waals surface area contributed by atoms with E-state index in [0.717, 1.165) is 11.1 Å². The Morgan fingerprint density at radius 1 is 1.25 bits per heavy atom. The third-order valence-electron chi connectivity index (χ3n) is 2.93. The van der Waals surface area contributed by atoms with Crippen molar-refractivity contribution in [3.05, 3.63) is 29.8 Å². The second kappa shape index (κ2) is 5.57. The lowest BCUT2D eigenvalue weighted by Gasteiger charge is -2.22. The van der Waals surface area contributed by atoms with Gasteiger partial charge < -0.3 is 14.6 Å². The fourth-order valence-corrected chi connectivity index (χ4v) is 2.20. The second-order valence-corrected chi connectivity index (χ2v) is 6.10. The van der Waals surface area contributed by atoms with E-state index in [1.54, 1.807) is 0 Å². The Kier molecular flexibility index (Phi) is 4.02. The average molecular weight is 276 g/mol. The van der Waals surface area contributed by atoms with E-state index in [-0.39, 0.29) is 5.41 Å². The Labute approximate surface area is 119 Å². The van der Waals surface area contributed by atoms with Gasteiger partial charge in [-0.25, -0.2) is 4.79 Å². The Balaban J connectivity index is 2.36. The Bertz CT molecular complexity index is 538. The molecule has 0 bridgehead atoms. The number of carboxylic acids is 1. The maximum absolute atomic E-state index is 11.0. The molecule has 0 radical (unpaired) electrons. The molecule has 1 N–H and O–H groups in total. The summed E-state index contributed by atoms with van der Waals surface area (Å²) in [5.41, 5.74) is 1.67. The van der Waals surface area contributed by atoms with Crippen LogP contribution in [0.15, 0.2) is 24.3 Å². The lowest BCUT2D eigenvalue weighted by atomic mass is 9.85. The van der Waals surface area contributed by atoms with Gasteiger partial charge in [0.15, 0.2) is 11.5 Å². The summed E-state index contributed by atoms with van der Waals surface area (Å²) in [5.74, 6) is 0.462. The van der Waals surface area contributed by atoms with E-state index in [1.807, 2.05) is 18.2 Å². The van der Waals surface area contributed by atoms with Crippen molar-refractivity contribution in [1.29, 1.82) is 0 Å². The van der Waals surface area contributed by atoms with E-state index < -0.39 is 5.97 Å². The summed E-state index contributed by atoms with van der Waals surface area (Å²) in [5, 5.41) is 9.05. The molecular weight excluding hydrogens is 256 g/mol. The van der Waals surface area contributed by atoms with Crippen molar-refractivity contribution in [2.75, 3.05) is 13.2 Å². The summed E-state index contributed by atoms with van der Waals surface area (Å²) in [7, 11) is 0. The van der Waals surface area contributed by atoms with Gasteiger partial charge in [0.25, 0.3) is 0 Å². The number of hydrogen-bond donors (Lipinski definition) is 1. The molecule has 4 nitrogen and oxygen atoms in total. The van der Waals surface area contributed by atoms with Gasteiger partial charge in [-0.05, 0) is 35.1 Å². The summed E-state index contributed by atoms with van der Waals surface area (Å²) in [6.45, 7) is 7.32. The van der Waals surface area contributed by atoms with Gasteiger partial charge in [0.2, 0.25) is 0 Å². The molecule has 1 aromatic carbocycles. The van der Waals surface area contributed by atoms with Crippen molar-refractivity contribution in [1.82, 2.24) is 0 Å².